The van der Waals surface area contributed by atoms with E-state index in [1.165, 1.54) is 35.3 Å². The zero-order valence-corrected chi connectivity index (χ0v) is 12.7. The van der Waals surface area contributed by atoms with E-state index >= 15 is 0 Å². The van der Waals surface area contributed by atoms with Gasteiger partial charge in [0.15, 0.2) is 0 Å². The summed E-state index contributed by atoms with van der Waals surface area (Å²) in [4.78, 5) is 1.48. The minimum Gasteiger partial charge on any atom is -0.313 e. The van der Waals surface area contributed by atoms with E-state index in [1.54, 1.807) is 0 Å². The summed E-state index contributed by atoms with van der Waals surface area (Å²) < 4.78 is 0. The molecule has 0 fully saturated rings. The monoisotopic (exact) mass is 283 g/mol. The Morgan fingerprint density at radius 3 is 2.60 bits per heavy atom. The third kappa shape index (κ3) is 3.08. The molecule has 0 bridgehead atoms. The minimum absolute atomic E-state index is 0.473. The summed E-state index contributed by atoms with van der Waals surface area (Å²) in [5.41, 5.74) is 2.93. The van der Waals surface area contributed by atoms with E-state index < -0.39 is 0 Å². The van der Waals surface area contributed by atoms with Crippen molar-refractivity contribution >= 4 is 11.8 Å². The van der Waals surface area contributed by atoms with Crippen molar-refractivity contribution in [2.24, 2.45) is 0 Å². The van der Waals surface area contributed by atoms with E-state index in [0.717, 1.165) is 5.25 Å². The van der Waals surface area contributed by atoms with E-state index in [2.05, 4.69) is 78.7 Å². The van der Waals surface area contributed by atoms with Gasteiger partial charge in [0.25, 0.3) is 0 Å². The molecule has 0 spiro atoms. The number of hydrogen-bond donors (Lipinski definition) is 1. The van der Waals surface area contributed by atoms with E-state index in [4.69, 9.17) is 0 Å². The van der Waals surface area contributed by atoms with Crippen molar-refractivity contribution < 1.29 is 0 Å². The second-order valence-electron chi connectivity index (χ2n) is 5.38. The van der Waals surface area contributed by atoms with Gasteiger partial charge >= 0.3 is 0 Å². The molecular formula is C18H21NS. The summed E-state index contributed by atoms with van der Waals surface area (Å²) in [5.74, 6) is 0. The molecule has 0 aromatic heterocycles. The van der Waals surface area contributed by atoms with Gasteiger partial charge in [0.2, 0.25) is 0 Å². The normalized spacial score (nSPS) is 18.8. The van der Waals surface area contributed by atoms with Crippen LogP contribution in [0.3, 0.4) is 0 Å². The maximum absolute atomic E-state index is 3.45. The zero-order valence-electron chi connectivity index (χ0n) is 11.9. The number of fused-ring (bicyclic) bond motifs is 1. The molecule has 2 aromatic rings. The van der Waals surface area contributed by atoms with E-state index in [9.17, 15) is 0 Å². The average molecular weight is 283 g/mol. The van der Waals surface area contributed by atoms with Crippen LogP contribution >= 0.6 is 11.8 Å². The van der Waals surface area contributed by atoms with Crippen LogP contribution in [0, 0.1) is 0 Å². The van der Waals surface area contributed by atoms with Gasteiger partial charge in [-0.2, -0.15) is 0 Å². The fraction of sp³-hybridized carbons (Fsp3) is 0.333. The lowest BCUT2D eigenvalue weighted by Gasteiger charge is -2.18. The summed E-state index contributed by atoms with van der Waals surface area (Å²) in [6.45, 7) is 0. The van der Waals surface area contributed by atoms with Gasteiger partial charge in [0.05, 0.1) is 0 Å². The third-order valence-corrected chi connectivity index (χ3v) is 5.43. The number of benzene rings is 2. The van der Waals surface area contributed by atoms with Gasteiger partial charge < -0.3 is 5.32 Å². The van der Waals surface area contributed by atoms with E-state index in [0.29, 0.717) is 6.04 Å². The summed E-state index contributed by atoms with van der Waals surface area (Å²) in [6, 6.07) is 20.1. The van der Waals surface area contributed by atoms with Gasteiger partial charge in [-0.15, -0.1) is 11.8 Å². The van der Waals surface area contributed by atoms with Gasteiger partial charge in [-0.25, -0.2) is 0 Å². The Balaban J connectivity index is 1.58. The van der Waals surface area contributed by atoms with Crippen LogP contribution in [0.2, 0.25) is 0 Å². The van der Waals surface area contributed by atoms with Crippen LogP contribution in [-0.4, -0.2) is 12.3 Å². The molecule has 2 atom stereocenters. The first kappa shape index (κ1) is 13.7. The lowest BCUT2D eigenvalue weighted by atomic mass is 9.99. The molecule has 0 saturated heterocycles. The maximum atomic E-state index is 3.45. The molecule has 2 heteroatoms. The molecule has 104 valence electrons. The van der Waals surface area contributed by atoms with Crippen LogP contribution in [-0.2, 0) is 6.42 Å². The maximum Gasteiger partial charge on any atom is 0.0317 e. The van der Waals surface area contributed by atoms with Crippen LogP contribution in [0.1, 0.15) is 30.0 Å². The zero-order chi connectivity index (χ0) is 13.8. The molecule has 1 nitrogen and oxygen atoms in total. The number of hydrogen-bond acceptors (Lipinski definition) is 2. The van der Waals surface area contributed by atoms with Gasteiger partial charge in [-0.1, -0.05) is 48.5 Å². The Morgan fingerprint density at radius 1 is 1.10 bits per heavy atom. The van der Waals surface area contributed by atoms with Gasteiger partial charge in [0.1, 0.15) is 0 Å². The molecule has 0 radical (unpaired) electrons. The smallest absolute Gasteiger partial charge is 0.0317 e. The lowest BCUT2D eigenvalue weighted by molar-refractivity contribution is 0.521. The van der Waals surface area contributed by atoms with E-state index in [-0.39, 0.29) is 0 Å². The molecule has 1 heterocycles. The molecule has 0 aliphatic carbocycles. The Bertz CT molecular complexity index is 527. The lowest BCUT2D eigenvalue weighted by Crippen LogP contribution is -2.18. The number of thioether (sulfide) groups is 1. The van der Waals surface area contributed by atoms with Gasteiger partial charge in [0, 0.05) is 16.2 Å². The number of rotatable bonds is 5. The molecule has 2 unspecified atom stereocenters. The molecule has 20 heavy (non-hydrogen) atoms. The molecule has 3 rings (SSSR count). The van der Waals surface area contributed by atoms with E-state index in [1.807, 2.05) is 0 Å². The summed E-state index contributed by atoms with van der Waals surface area (Å²) in [6.07, 6.45) is 3.69. The molecule has 0 amide bonds. The highest BCUT2D eigenvalue weighted by molar-refractivity contribution is 8.00. The first-order chi connectivity index (χ1) is 9.86. The van der Waals surface area contributed by atoms with Crippen molar-refractivity contribution in [2.75, 3.05) is 7.05 Å². The van der Waals surface area contributed by atoms with Crippen molar-refractivity contribution in [1.82, 2.24) is 5.32 Å². The molecule has 0 saturated carbocycles. The number of nitrogens with one attached hydrogen (secondary N) is 1. The van der Waals surface area contributed by atoms with Crippen LogP contribution in [0.15, 0.2) is 59.5 Å². The fourth-order valence-corrected chi connectivity index (χ4v) is 4.27. The highest BCUT2D eigenvalue weighted by atomic mass is 32.2. The summed E-state index contributed by atoms with van der Waals surface area (Å²) >= 11 is 2.06. The summed E-state index contributed by atoms with van der Waals surface area (Å²) in [7, 11) is 2.06. The quantitative estimate of drug-likeness (QED) is 0.870. The summed E-state index contributed by atoms with van der Waals surface area (Å²) in [5, 5.41) is 4.20. The highest BCUT2D eigenvalue weighted by Gasteiger charge is 2.22. The molecule has 1 N–H and O–H groups in total. The Kier molecular flexibility index (Phi) is 4.44. The van der Waals surface area contributed by atoms with Crippen molar-refractivity contribution in [3.8, 4) is 0 Å². The SMILES string of the molecule is CNC(CCC1Cc2ccccc2S1)c1ccccc1. The van der Waals surface area contributed by atoms with Crippen molar-refractivity contribution in [3.63, 3.8) is 0 Å². The average Bonchev–Trinajstić information content (AvgIpc) is 2.92. The second kappa shape index (κ2) is 6.47. The van der Waals surface area contributed by atoms with Crippen LogP contribution in [0.5, 0.6) is 0 Å². The first-order valence-electron chi connectivity index (χ1n) is 7.33. The molecule has 1 aliphatic rings. The first-order valence-corrected chi connectivity index (χ1v) is 8.21. The van der Waals surface area contributed by atoms with Crippen molar-refractivity contribution in [2.45, 2.75) is 35.4 Å². The van der Waals surface area contributed by atoms with Crippen molar-refractivity contribution in [3.05, 3.63) is 65.7 Å². The Hall–Kier alpha value is -1.25. The third-order valence-electron chi connectivity index (χ3n) is 4.04. The predicted octanol–water partition coefficient (Wildman–Crippen LogP) is 4.44. The van der Waals surface area contributed by atoms with Crippen LogP contribution in [0.4, 0.5) is 0 Å². The topological polar surface area (TPSA) is 12.0 Å². The second-order valence-corrected chi connectivity index (χ2v) is 6.72. The van der Waals surface area contributed by atoms with Gasteiger partial charge in [-0.05, 0) is 43.5 Å². The van der Waals surface area contributed by atoms with Crippen LogP contribution in [0.25, 0.3) is 0 Å². The Labute approximate surface area is 125 Å². The fourth-order valence-electron chi connectivity index (χ4n) is 2.93. The Morgan fingerprint density at radius 2 is 1.85 bits per heavy atom. The molecule has 2 aromatic carbocycles. The minimum atomic E-state index is 0.473. The standard InChI is InChI=1S/C18H21NS/c1-19-17(14-7-3-2-4-8-14)12-11-16-13-15-9-5-6-10-18(15)20-16/h2-10,16-17,19H,11-13H2,1H3. The van der Waals surface area contributed by atoms with Crippen LogP contribution < -0.4 is 5.32 Å². The molecular weight excluding hydrogens is 262 g/mol. The van der Waals surface area contributed by atoms with Crippen molar-refractivity contribution in [1.29, 1.82) is 0 Å². The van der Waals surface area contributed by atoms with Gasteiger partial charge in [-0.3, -0.25) is 0 Å². The largest absolute Gasteiger partial charge is 0.313 e. The highest BCUT2D eigenvalue weighted by Crippen LogP contribution is 2.39. The molecule has 1 aliphatic heterocycles. The predicted molar refractivity (Wildman–Crippen MR) is 87.3 cm³/mol.